The normalized spacial score (nSPS) is 27.1. The first kappa shape index (κ1) is 29.0. The van der Waals surface area contributed by atoms with Gasteiger partial charge in [0.25, 0.3) is 5.56 Å². The second-order valence-electron chi connectivity index (χ2n) is 7.62. The summed E-state index contributed by atoms with van der Waals surface area (Å²) in [6.45, 7) is 1.75. The van der Waals surface area contributed by atoms with Gasteiger partial charge >= 0.3 is 23.5 Å². The monoisotopic (exact) mass is 579 g/mol. The Labute approximate surface area is 201 Å². The number of aromatic nitrogens is 4. The molecule has 22 heteroatoms. The highest BCUT2D eigenvalue weighted by Gasteiger charge is 2.50. The van der Waals surface area contributed by atoms with Gasteiger partial charge in [0.15, 0.2) is 17.4 Å². The van der Waals surface area contributed by atoms with E-state index in [1.807, 2.05) is 0 Å². The summed E-state index contributed by atoms with van der Waals surface area (Å²) in [7, 11) is -17.0. The van der Waals surface area contributed by atoms with E-state index >= 15 is 0 Å². The van der Waals surface area contributed by atoms with Gasteiger partial charge in [0.05, 0.1) is 12.4 Å². The van der Waals surface area contributed by atoms with Gasteiger partial charge in [-0.25, -0.2) is 18.7 Å². The van der Waals surface area contributed by atoms with Gasteiger partial charge in [0, 0.05) is 0 Å². The molecule has 1 aliphatic heterocycles. The number of fused-ring (bicyclic) bond motifs is 1. The lowest BCUT2D eigenvalue weighted by atomic mass is 10.0. The number of aliphatic hydroxyl groups excluding tert-OH is 2. The van der Waals surface area contributed by atoms with Crippen molar-refractivity contribution in [1.82, 2.24) is 19.5 Å². The van der Waals surface area contributed by atoms with Crippen LogP contribution in [0.4, 0.5) is 5.95 Å². The highest BCUT2D eigenvalue weighted by molar-refractivity contribution is 7.66. The molecule has 0 saturated carbocycles. The number of aliphatic hydroxyl groups is 2. The fraction of sp³-hybridized carbons (Fsp3) is 0.643. The van der Waals surface area contributed by atoms with Crippen molar-refractivity contribution in [2.45, 2.75) is 56.8 Å². The van der Waals surface area contributed by atoms with Crippen LogP contribution < -0.4 is 11.3 Å². The van der Waals surface area contributed by atoms with Gasteiger partial charge in [0.1, 0.15) is 18.3 Å². The van der Waals surface area contributed by atoms with Crippen LogP contribution >= 0.6 is 23.5 Å². The van der Waals surface area contributed by atoms with E-state index < -0.39 is 59.7 Å². The van der Waals surface area contributed by atoms with Crippen LogP contribution in [0.3, 0.4) is 0 Å². The standard InChI is InChI=1S/C14H24N5O14P3/c1-2-3-4-6(31-35(26,27)33-36(28,29)32-34(23,24)25)10-8(20)9(21)13(30-10)19-5-16-7-11(19)17-14(15)18-12(7)22/h5-6,8-10,13,20-21H,2-4H2,1H3,(H,26,27)(H,28,29)(H2,23,24,25)(H3,15,17,18,22)/t6?,8-,9+,10+,13+/m0/s1. The Bertz CT molecular complexity index is 1290. The molecule has 0 bridgehead atoms. The van der Waals surface area contributed by atoms with Crippen LogP contribution in [0.2, 0.25) is 0 Å². The molecule has 0 aliphatic carbocycles. The number of aromatic amines is 1. The topological polar surface area (TPSA) is 299 Å². The fourth-order valence-corrected chi connectivity index (χ4v) is 6.73. The number of nitrogens with two attached hydrogens (primary N) is 1. The molecule has 1 saturated heterocycles. The molecule has 3 rings (SSSR count). The molecule has 2 aromatic heterocycles. The van der Waals surface area contributed by atoms with Gasteiger partial charge in [-0.05, 0) is 6.42 Å². The molecule has 7 atom stereocenters. The second-order valence-corrected chi connectivity index (χ2v) is 12.0. The number of H-pyrrole nitrogens is 1. The maximum absolute atomic E-state index is 12.4. The number of hydrogen-bond acceptors (Lipinski definition) is 13. The van der Waals surface area contributed by atoms with Crippen LogP contribution in [-0.4, -0.2) is 73.7 Å². The van der Waals surface area contributed by atoms with Crippen LogP contribution in [0.5, 0.6) is 0 Å². The lowest BCUT2D eigenvalue weighted by Gasteiger charge is -2.27. The van der Waals surface area contributed by atoms with Crippen LogP contribution in [0.25, 0.3) is 11.2 Å². The number of nitrogens with one attached hydrogen (secondary N) is 1. The third-order valence-corrected chi connectivity index (χ3v) is 8.76. The zero-order valence-electron chi connectivity index (χ0n) is 18.3. The number of nitrogen functional groups attached to an aromatic ring is 1. The number of nitrogens with zero attached hydrogens (tertiary/aromatic N) is 3. The lowest BCUT2D eigenvalue weighted by molar-refractivity contribution is -0.0831. The van der Waals surface area contributed by atoms with Crippen molar-refractivity contribution >= 4 is 40.6 Å². The SMILES string of the molecule is CCCCC(OP(=O)(O)OP(=O)(O)OP(=O)(O)O)[C@H]1O[C@@H](n2cnc3c(=O)[nH]c(N)nc32)[C@H](O)[C@@H]1O. The molecule has 3 unspecified atom stereocenters. The quantitative estimate of drug-likeness (QED) is 0.151. The zero-order valence-corrected chi connectivity index (χ0v) is 21.0. The lowest BCUT2D eigenvalue weighted by Crippen LogP contribution is -2.39. The van der Waals surface area contributed by atoms with Crippen molar-refractivity contribution in [3.05, 3.63) is 16.7 Å². The van der Waals surface area contributed by atoms with Gasteiger partial charge < -0.3 is 40.3 Å². The Morgan fingerprint density at radius 3 is 2.44 bits per heavy atom. The number of phosphoric acid groups is 3. The Morgan fingerprint density at radius 1 is 1.17 bits per heavy atom. The Kier molecular flexibility index (Phi) is 8.59. The first-order valence-electron chi connectivity index (χ1n) is 10.1. The summed E-state index contributed by atoms with van der Waals surface area (Å²) in [4.78, 5) is 58.7. The van der Waals surface area contributed by atoms with Crippen molar-refractivity contribution in [3.8, 4) is 0 Å². The number of ether oxygens (including phenoxy) is 1. The molecule has 1 aliphatic rings. The molecular formula is C14H24N5O14P3. The molecule has 19 nitrogen and oxygen atoms in total. The van der Waals surface area contributed by atoms with E-state index in [9.17, 15) is 38.5 Å². The van der Waals surface area contributed by atoms with Gasteiger partial charge in [0.2, 0.25) is 5.95 Å². The van der Waals surface area contributed by atoms with E-state index in [0.29, 0.717) is 12.8 Å². The minimum atomic E-state index is -5.78. The summed E-state index contributed by atoms with van der Waals surface area (Å²) in [6.07, 6.45) is -6.19. The first-order valence-corrected chi connectivity index (χ1v) is 14.6. The number of hydrogen-bond donors (Lipinski definition) is 8. The predicted molar refractivity (Wildman–Crippen MR) is 117 cm³/mol. The van der Waals surface area contributed by atoms with Gasteiger partial charge in [-0.2, -0.15) is 13.6 Å². The van der Waals surface area contributed by atoms with Crippen molar-refractivity contribution in [2.75, 3.05) is 5.73 Å². The van der Waals surface area contributed by atoms with Crippen LogP contribution in [0.15, 0.2) is 11.1 Å². The number of anilines is 1. The Balaban J connectivity index is 1.87. The minimum absolute atomic E-state index is 0.101. The second kappa shape index (κ2) is 10.7. The summed E-state index contributed by atoms with van der Waals surface area (Å²) in [6, 6.07) is 0. The predicted octanol–water partition coefficient (Wildman–Crippen LogP) is -0.777. The number of unbranched alkanes of at least 4 members (excludes halogenated alkanes) is 1. The minimum Gasteiger partial charge on any atom is -0.387 e. The third kappa shape index (κ3) is 6.85. The number of phosphoric ester groups is 1. The Morgan fingerprint density at radius 2 is 1.83 bits per heavy atom. The fourth-order valence-electron chi connectivity index (χ4n) is 3.50. The molecule has 204 valence electrons. The number of imidazole rings is 1. The van der Waals surface area contributed by atoms with Crippen LogP contribution in [-0.2, 0) is 31.6 Å². The summed E-state index contributed by atoms with van der Waals surface area (Å²) < 4.78 is 53.9. The third-order valence-electron chi connectivity index (χ3n) is 4.89. The molecule has 0 spiro atoms. The van der Waals surface area contributed by atoms with E-state index in [-0.39, 0.29) is 23.5 Å². The maximum atomic E-state index is 12.4. The van der Waals surface area contributed by atoms with Gasteiger partial charge in [-0.3, -0.25) is 18.9 Å². The van der Waals surface area contributed by atoms with E-state index in [1.165, 1.54) is 0 Å². The number of rotatable bonds is 11. The molecule has 0 amide bonds. The van der Waals surface area contributed by atoms with Gasteiger partial charge in [-0.15, -0.1) is 0 Å². The molecule has 0 aromatic carbocycles. The highest BCUT2D eigenvalue weighted by atomic mass is 31.3. The summed E-state index contributed by atoms with van der Waals surface area (Å²) in [5, 5.41) is 21.2. The summed E-state index contributed by atoms with van der Waals surface area (Å²) in [5.74, 6) is -0.271. The van der Waals surface area contributed by atoms with Crippen molar-refractivity contribution in [2.24, 2.45) is 0 Å². The summed E-state index contributed by atoms with van der Waals surface area (Å²) >= 11 is 0. The smallest absolute Gasteiger partial charge is 0.387 e. The van der Waals surface area contributed by atoms with Crippen LogP contribution in [0, 0.1) is 0 Å². The first-order chi connectivity index (χ1) is 16.5. The zero-order chi connectivity index (χ0) is 27.1. The average molecular weight is 579 g/mol. The van der Waals surface area contributed by atoms with E-state index in [4.69, 9.17) is 24.8 Å². The molecule has 0 radical (unpaired) electrons. The molecular weight excluding hydrogens is 555 g/mol. The molecule has 1 fully saturated rings. The molecule has 36 heavy (non-hydrogen) atoms. The van der Waals surface area contributed by atoms with E-state index in [0.717, 1.165) is 10.9 Å². The van der Waals surface area contributed by atoms with Crippen molar-refractivity contribution in [1.29, 1.82) is 0 Å². The highest BCUT2D eigenvalue weighted by Crippen LogP contribution is 2.66. The molecule has 3 heterocycles. The van der Waals surface area contributed by atoms with E-state index in [1.54, 1.807) is 6.92 Å². The molecule has 2 aromatic rings. The van der Waals surface area contributed by atoms with E-state index in [2.05, 4.69) is 23.6 Å². The van der Waals surface area contributed by atoms with Gasteiger partial charge in [-0.1, -0.05) is 19.8 Å². The maximum Gasteiger partial charge on any atom is 0.490 e. The molecule has 9 N–H and O–H groups in total. The van der Waals surface area contributed by atoms with Crippen molar-refractivity contribution in [3.63, 3.8) is 0 Å². The summed E-state index contributed by atoms with van der Waals surface area (Å²) in [5.41, 5.74) is 4.60. The largest absolute Gasteiger partial charge is 0.490 e. The average Bonchev–Trinajstić information content (AvgIpc) is 3.24. The van der Waals surface area contributed by atoms with Crippen molar-refractivity contribution < 1.29 is 61.4 Å². The Hall–Kier alpha value is -1.56. The van der Waals surface area contributed by atoms with Crippen LogP contribution in [0.1, 0.15) is 32.4 Å².